The lowest BCUT2D eigenvalue weighted by molar-refractivity contribution is -0.138. The number of anilines is 2. The van der Waals surface area contributed by atoms with Crippen LogP contribution >= 0.6 is 11.6 Å². The van der Waals surface area contributed by atoms with Crippen LogP contribution in [0.5, 0.6) is 0 Å². The first-order valence-corrected chi connectivity index (χ1v) is 16.7. The van der Waals surface area contributed by atoms with E-state index in [1.54, 1.807) is 30.6 Å². The minimum Gasteiger partial charge on any atom is -0.380 e. The molecule has 250 valence electrons. The molecular formula is C33H36ClN9O5. The fraction of sp³-hybridized carbons (Fsp3) is 0.455. The van der Waals surface area contributed by atoms with E-state index in [1.807, 2.05) is 22.7 Å². The van der Waals surface area contributed by atoms with E-state index in [4.69, 9.17) is 11.6 Å². The Hall–Kier alpha value is -4.85. The summed E-state index contributed by atoms with van der Waals surface area (Å²) in [7, 11) is 0. The van der Waals surface area contributed by atoms with E-state index < -0.39 is 29.7 Å². The number of likely N-dealkylation sites (tertiary alicyclic amines) is 1. The van der Waals surface area contributed by atoms with E-state index in [0.29, 0.717) is 23.9 Å². The highest BCUT2D eigenvalue weighted by Gasteiger charge is 2.45. The van der Waals surface area contributed by atoms with Gasteiger partial charge in [0.05, 0.1) is 29.1 Å². The molecule has 3 saturated heterocycles. The predicted molar refractivity (Wildman–Crippen MR) is 174 cm³/mol. The Bertz CT molecular complexity index is 1800. The molecule has 0 saturated carbocycles. The summed E-state index contributed by atoms with van der Waals surface area (Å²) in [5.41, 5.74) is 2.42. The number of aryl methyl sites for hydroxylation is 1. The SMILES string of the molecule is Cc1cncc(N2CCC(C(=O)N3CCC(n4cc(CNc5cccc6c5C(=O)N(C5CCC(=O)NC5=O)C6=O)c(Cl)n4)CC3)CC2)n1. The molecule has 14 nitrogen and oxygen atoms in total. The summed E-state index contributed by atoms with van der Waals surface area (Å²) in [4.78, 5) is 78.0. The van der Waals surface area contributed by atoms with Crippen LogP contribution in [0.4, 0.5) is 11.5 Å². The molecule has 15 heteroatoms. The number of hydrogen-bond donors (Lipinski definition) is 2. The summed E-state index contributed by atoms with van der Waals surface area (Å²) >= 11 is 6.55. The molecule has 1 unspecified atom stereocenters. The van der Waals surface area contributed by atoms with Gasteiger partial charge in [-0.05, 0) is 51.2 Å². The molecule has 2 N–H and O–H groups in total. The highest BCUT2D eigenvalue weighted by Crippen LogP contribution is 2.34. The van der Waals surface area contributed by atoms with E-state index in [2.05, 4.69) is 30.6 Å². The number of hydrogen-bond acceptors (Lipinski definition) is 10. The number of aromatic nitrogens is 4. The monoisotopic (exact) mass is 673 g/mol. The highest BCUT2D eigenvalue weighted by molar-refractivity contribution is 6.30. The lowest BCUT2D eigenvalue weighted by atomic mass is 9.94. The molecule has 1 aromatic carbocycles. The van der Waals surface area contributed by atoms with Crippen LogP contribution in [0.2, 0.25) is 5.15 Å². The average molecular weight is 674 g/mol. The molecule has 48 heavy (non-hydrogen) atoms. The maximum Gasteiger partial charge on any atom is 0.264 e. The number of benzene rings is 1. The molecule has 3 aromatic rings. The number of piperidine rings is 3. The minimum atomic E-state index is -1.04. The van der Waals surface area contributed by atoms with Gasteiger partial charge in [0.2, 0.25) is 17.7 Å². The Labute approximate surface area is 281 Å². The zero-order valence-electron chi connectivity index (χ0n) is 26.5. The van der Waals surface area contributed by atoms with Crippen LogP contribution < -0.4 is 15.5 Å². The lowest BCUT2D eigenvalue weighted by Crippen LogP contribution is -2.54. The molecule has 4 aliphatic heterocycles. The van der Waals surface area contributed by atoms with Gasteiger partial charge < -0.3 is 15.1 Å². The van der Waals surface area contributed by atoms with Crippen LogP contribution in [0.25, 0.3) is 0 Å². The summed E-state index contributed by atoms with van der Waals surface area (Å²) in [5.74, 6) is -1.14. The Balaban J connectivity index is 0.940. The van der Waals surface area contributed by atoms with Crippen molar-refractivity contribution >= 4 is 52.6 Å². The second-order valence-corrected chi connectivity index (χ2v) is 13.1. The van der Waals surface area contributed by atoms with Crippen molar-refractivity contribution in [2.45, 2.75) is 64.1 Å². The molecular weight excluding hydrogens is 638 g/mol. The predicted octanol–water partition coefficient (Wildman–Crippen LogP) is 2.73. The van der Waals surface area contributed by atoms with Gasteiger partial charge in [-0.2, -0.15) is 5.10 Å². The number of nitrogens with one attached hydrogen (secondary N) is 2. The van der Waals surface area contributed by atoms with Crippen LogP contribution in [-0.2, 0) is 20.9 Å². The zero-order valence-corrected chi connectivity index (χ0v) is 27.3. The number of rotatable bonds is 7. The van der Waals surface area contributed by atoms with Crippen molar-refractivity contribution in [2.24, 2.45) is 5.92 Å². The number of imide groups is 2. The summed E-state index contributed by atoms with van der Waals surface area (Å²) in [5, 5.41) is 10.3. The number of carbonyl (C=O) groups excluding carboxylic acids is 5. The van der Waals surface area contributed by atoms with Crippen molar-refractivity contribution < 1.29 is 24.0 Å². The smallest absolute Gasteiger partial charge is 0.264 e. The fourth-order valence-electron chi connectivity index (χ4n) is 7.13. The van der Waals surface area contributed by atoms with Gasteiger partial charge in [0.15, 0.2) is 5.15 Å². The van der Waals surface area contributed by atoms with E-state index in [0.717, 1.165) is 60.7 Å². The maximum atomic E-state index is 13.4. The molecule has 0 radical (unpaired) electrons. The molecule has 0 bridgehead atoms. The quantitative estimate of drug-likeness (QED) is 0.357. The van der Waals surface area contributed by atoms with E-state index in [-0.39, 0.29) is 48.4 Å². The second-order valence-electron chi connectivity index (χ2n) is 12.8. The third-order valence-corrected chi connectivity index (χ3v) is 10.1. The van der Waals surface area contributed by atoms with Crippen LogP contribution in [0.3, 0.4) is 0 Å². The van der Waals surface area contributed by atoms with Crippen LogP contribution in [-0.4, -0.2) is 91.3 Å². The number of carbonyl (C=O) groups is 5. The van der Waals surface area contributed by atoms with E-state index in [9.17, 15) is 24.0 Å². The van der Waals surface area contributed by atoms with Crippen molar-refractivity contribution in [1.82, 2.24) is 34.9 Å². The molecule has 0 spiro atoms. The maximum absolute atomic E-state index is 13.4. The third kappa shape index (κ3) is 6.00. The van der Waals surface area contributed by atoms with Crippen LogP contribution in [0, 0.1) is 12.8 Å². The first-order valence-electron chi connectivity index (χ1n) is 16.3. The van der Waals surface area contributed by atoms with Gasteiger partial charge in [-0.1, -0.05) is 17.7 Å². The molecule has 3 fully saturated rings. The summed E-state index contributed by atoms with van der Waals surface area (Å²) in [6.07, 6.45) is 8.63. The summed E-state index contributed by atoms with van der Waals surface area (Å²) in [6, 6.07) is 3.97. The van der Waals surface area contributed by atoms with Gasteiger partial charge >= 0.3 is 0 Å². The van der Waals surface area contributed by atoms with Crippen molar-refractivity contribution in [1.29, 1.82) is 0 Å². The first-order chi connectivity index (χ1) is 23.2. The zero-order chi connectivity index (χ0) is 33.5. The van der Waals surface area contributed by atoms with Crippen molar-refractivity contribution in [3.05, 3.63) is 64.3 Å². The standard InChI is InChI=1S/C33H36ClN9O5/c1-19-15-35-17-26(37-19)40-11-7-20(8-12-40)31(46)41-13-9-22(10-14-41)42-18-21(29(34)39-42)16-36-24-4-2-3-23-28(24)33(48)43(32(23)47)25-5-6-27(44)38-30(25)45/h2-4,15,17-18,20,22,25,36H,5-14,16H2,1H3,(H,38,44,45). The van der Waals surface area contributed by atoms with Crippen molar-refractivity contribution in [3.63, 3.8) is 0 Å². The Morgan fingerprint density at radius 3 is 2.50 bits per heavy atom. The molecule has 7 rings (SSSR count). The molecule has 4 aliphatic rings. The lowest BCUT2D eigenvalue weighted by Gasteiger charge is -2.37. The summed E-state index contributed by atoms with van der Waals surface area (Å²) in [6.45, 7) is 5.03. The molecule has 0 aliphatic carbocycles. The van der Waals surface area contributed by atoms with E-state index >= 15 is 0 Å². The Morgan fingerprint density at radius 1 is 1.00 bits per heavy atom. The second kappa shape index (κ2) is 13.0. The normalized spacial score (nSPS) is 20.7. The third-order valence-electron chi connectivity index (χ3n) is 9.75. The highest BCUT2D eigenvalue weighted by atomic mass is 35.5. The van der Waals surface area contributed by atoms with Crippen molar-refractivity contribution in [3.8, 4) is 0 Å². The van der Waals surface area contributed by atoms with Crippen LogP contribution in [0.15, 0.2) is 36.8 Å². The molecule has 5 amide bonds. The van der Waals surface area contributed by atoms with Gasteiger partial charge in [0.25, 0.3) is 11.8 Å². The average Bonchev–Trinajstić information content (AvgIpc) is 3.59. The Morgan fingerprint density at radius 2 is 1.77 bits per heavy atom. The van der Waals surface area contributed by atoms with Gasteiger partial charge in [-0.3, -0.25) is 43.9 Å². The van der Waals surface area contributed by atoms with Crippen molar-refractivity contribution in [2.75, 3.05) is 36.4 Å². The molecule has 1 atom stereocenters. The van der Waals surface area contributed by atoms with Gasteiger partial charge in [0, 0.05) is 68.7 Å². The topological polar surface area (TPSA) is 163 Å². The van der Waals surface area contributed by atoms with E-state index in [1.165, 1.54) is 0 Å². The Kier molecular flexibility index (Phi) is 8.58. The van der Waals surface area contributed by atoms with Gasteiger partial charge in [0.1, 0.15) is 11.9 Å². The molecule has 2 aromatic heterocycles. The number of amides is 5. The number of fused-ring (bicyclic) bond motifs is 1. The van der Waals surface area contributed by atoms with Crippen LogP contribution in [0.1, 0.15) is 76.5 Å². The minimum absolute atomic E-state index is 0.00473. The fourth-order valence-corrected chi connectivity index (χ4v) is 7.34. The first kappa shape index (κ1) is 31.7. The summed E-state index contributed by atoms with van der Waals surface area (Å²) < 4.78 is 1.86. The number of halogens is 1. The number of nitrogens with zero attached hydrogens (tertiary/aromatic N) is 7. The molecule has 6 heterocycles. The largest absolute Gasteiger partial charge is 0.380 e. The van der Waals surface area contributed by atoms with Gasteiger partial charge in [-0.25, -0.2) is 4.98 Å². The van der Waals surface area contributed by atoms with Gasteiger partial charge in [-0.15, -0.1) is 0 Å².